The highest BCUT2D eigenvalue weighted by Crippen LogP contribution is 2.27. The minimum atomic E-state index is -0.432. The van der Waals surface area contributed by atoms with Gasteiger partial charge in [-0.05, 0) is 26.0 Å². The maximum absolute atomic E-state index is 13.6. The van der Waals surface area contributed by atoms with E-state index in [1.807, 2.05) is 18.0 Å². The standard InChI is InChI=1S/C15H20FNO2/c1-17(9-13-5-2-3-6-14(13)16)10-15(11-18)7-4-8-19-12-15/h2-3,5-6,11H,4,7-10,12H2,1H3. The van der Waals surface area contributed by atoms with Gasteiger partial charge in [0, 0.05) is 25.3 Å². The van der Waals surface area contributed by atoms with Crippen LogP contribution >= 0.6 is 0 Å². The van der Waals surface area contributed by atoms with Crippen LogP contribution in [0.5, 0.6) is 0 Å². The van der Waals surface area contributed by atoms with Gasteiger partial charge in [0.2, 0.25) is 0 Å². The van der Waals surface area contributed by atoms with Gasteiger partial charge in [0.25, 0.3) is 0 Å². The zero-order valence-electron chi connectivity index (χ0n) is 11.3. The Balaban J connectivity index is 1.98. The number of carbonyl (C=O) groups excluding carboxylic acids is 1. The van der Waals surface area contributed by atoms with Crippen LogP contribution in [0.25, 0.3) is 0 Å². The molecular formula is C15H20FNO2. The Bertz CT molecular complexity index is 430. The Labute approximate surface area is 113 Å². The lowest BCUT2D eigenvalue weighted by Crippen LogP contribution is -2.42. The number of carbonyl (C=O) groups is 1. The molecule has 0 N–H and O–H groups in total. The fourth-order valence-corrected chi connectivity index (χ4v) is 2.64. The molecule has 2 rings (SSSR count). The normalized spacial score (nSPS) is 23.5. The number of hydrogen-bond acceptors (Lipinski definition) is 3. The Morgan fingerprint density at radius 1 is 1.47 bits per heavy atom. The van der Waals surface area contributed by atoms with E-state index in [9.17, 15) is 9.18 Å². The molecule has 4 heteroatoms. The Hall–Kier alpha value is -1.26. The van der Waals surface area contributed by atoms with Crippen molar-refractivity contribution in [1.29, 1.82) is 0 Å². The molecule has 0 spiro atoms. The molecule has 1 aliphatic heterocycles. The first-order valence-corrected chi connectivity index (χ1v) is 6.61. The lowest BCUT2D eigenvalue weighted by molar-refractivity contribution is -0.125. The molecule has 3 nitrogen and oxygen atoms in total. The number of benzene rings is 1. The molecule has 1 unspecified atom stereocenters. The Kier molecular flexibility index (Phi) is 4.66. The van der Waals surface area contributed by atoms with Crippen LogP contribution in [0.1, 0.15) is 18.4 Å². The molecule has 1 fully saturated rings. The molecule has 0 radical (unpaired) electrons. The van der Waals surface area contributed by atoms with Crippen molar-refractivity contribution in [2.75, 3.05) is 26.8 Å². The van der Waals surface area contributed by atoms with E-state index in [1.165, 1.54) is 6.07 Å². The summed E-state index contributed by atoms with van der Waals surface area (Å²) in [5.41, 5.74) is 0.223. The molecule has 0 aliphatic carbocycles. The van der Waals surface area contributed by atoms with Crippen LogP contribution in [0.4, 0.5) is 4.39 Å². The van der Waals surface area contributed by atoms with E-state index in [0.29, 0.717) is 25.3 Å². The molecule has 1 aromatic carbocycles. The van der Waals surface area contributed by atoms with Gasteiger partial charge in [-0.25, -0.2) is 4.39 Å². The number of rotatable bonds is 5. The molecule has 1 heterocycles. The molecule has 19 heavy (non-hydrogen) atoms. The number of hydrogen-bond donors (Lipinski definition) is 0. The first kappa shape index (κ1) is 14.2. The monoisotopic (exact) mass is 265 g/mol. The summed E-state index contributed by atoms with van der Waals surface area (Å²) >= 11 is 0. The molecule has 1 aliphatic rings. The predicted octanol–water partition coefficient (Wildman–Crippen LogP) is 2.25. The summed E-state index contributed by atoms with van der Waals surface area (Å²) in [6, 6.07) is 6.74. The van der Waals surface area contributed by atoms with E-state index in [-0.39, 0.29) is 5.82 Å². The van der Waals surface area contributed by atoms with Crippen LogP contribution in [0.15, 0.2) is 24.3 Å². The molecule has 0 amide bonds. The second-order valence-corrected chi connectivity index (χ2v) is 5.40. The molecular weight excluding hydrogens is 245 g/mol. The van der Waals surface area contributed by atoms with Crippen LogP contribution < -0.4 is 0 Å². The summed E-state index contributed by atoms with van der Waals surface area (Å²) in [5.74, 6) is -0.200. The van der Waals surface area contributed by atoms with Gasteiger partial charge >= 0.3 is 0 Å². The minimum absolute atomic E-state index is 0.200. The van der Waals surface area contributed by atoms with Crippen LogP contribution in [0, 0.1) is 11.2 Å². The highest BCUT2D eigenvalue weighted by Gasteiger charge is 2.33. The van der Waals surface area contributed by atoms with Crippen molar-refractivity contribution >= 4 is 6.29 Å². The van der Waals surface area contributed by atoms with Crippen molar-refractivity contribution in [3.8, 4) is 0 Å². The van der Waals surface area contributed by atoms with Crippen LogP contribution in [0.2, 0.25) is 0 Å². The van der Waals surface area contributed by atoms with Crippen molar-refractivity contribution in [1.82, 2.24) is 4.90 Å². The van der Waals surface area contributed by atoms with E-state index in [2.05, 4.69) is 0 Å². The zero-order chi connectivity index (χ0) is 13.7. The number of ether oxygens (including phenoxy) is 1. The van der Waals surface area contributed by atoms with Crippen molar-refractivity contribution < 1.29 is 13.9 Å². The molecule has 1 aromatic rings. The summed E-state index contributed by atoms with van der Waals surface area (Å²) in [5, 5.41) is 0. The third-order valence-corrected chi connectivity index (χ3v) is 3.59. The average molecular weight is 265 g/mol. The maximum Gasteiger partial charge on any atom is 0.129 e. The lowest BCUT2D eigenvalue weighted by atomic mass is 9.83. The van der Waals surface area contributed by atoms with Crippen LogP contribution in [-0.4, -0.2) is 38.0 Å². The quantitative estimate of drug-likeness (QED) is 0.765. The number of aldehydes is 1. The third-order valence-electron chi connectivity index (χ3n) is 3.59. The minimum Gasteiger partial charge on any atom is -0.380 e. The smallest absolute Gasteiger partial charge is 0.129 e. The summed E-state index contributed by atoms with van der Waals surface area (Å²) in [6.07, 6.45) is 2.76. The second kappa shape index (κ2) is 6.26. The van der Waals surface area contributed by atoms with E-state index >= 15 is 0 Å². The van der Waals surface area contributed by atoms with Gasteiger partial charge in [-0.15, -0.1) is 0 Å². The lowest BCUT2D eigenvalue weighted by Gasteiger charge is -2.35. The first-order chi connectivity index (χ1) is 9.15. The summed E-state index contributed by atoms with van der Waals surface area (Å²) in [4.78, 5) is 13.3. The highest BCUT2D eigenvalue weighted by molar-refractivity contribution is 5.60. The van der Waals surface area contributed by atoms with Gasteiger partial charge in [-0.2, -0.15) is 0 Å². The van der Waals surface area contributed by atoms with Gasteiger partial charge in [0.15, 0.2) is 0 Å². The van der Waals surface area contributed by atoms with Crippen molar-refractivity contribution in [3.63, 3.8) is 0 Å². The SMILES string of the molecule is CN(Cc1ccccc1F)CC1(C=O)CCCOC1. The van der Waals surface area contributed by atoms with Crippen LogP contribution in [-0.2, 0) is 16.1 Å². The molecule has 1 atom stereocenters. The largest absolute Gasteiger partial charge is 0.380 e. The highest BCUT2D eigenvalue weighted by atomic mass is 19.1. The van der Waals surface area contributed by atoms with Gasteiger partial charge in [0.05, 0.1) is 12.0 Å². The van der Waals surface area contributed by atoms with Crippen molar-refractivity contribution in [2.24, 2.45) is 5.41 Å². The number of halogens is 1. The summed E-state index contributed by atoms with van der Waals surface area (Å²) in [6.45, 7) is 2.30. The molecule has 0 saturated carbocycles. The Morgan fingerprint density at radius 3 is 2.89 bits per heavy atom. The summed E-state index contributed by atoms with van der Waals surface area (Å²) in [7, 11) is 1.91. The fourth-order valence-electron chi connectivity index (χ4n) is 2.64. The van der Waals surface area contributed by atoms with E-state index in [4.69, 9.17) is 4.74 Å². The molecule has 104 valence electrons. The fraction of sp³-hybridized carbons (Fsp3) is 0.533. The molecule has 0 bridgehead atoms. The topological polar surface area (TPSA) is 29.5 Å². The van der Waals surface area contributed by atoms with Crippen molar-refractivity contribution in [3.05, 3.63) is 35.6 Å². The van der Waals surface area contributed by atoms with Gasteiger partial charge in [-0.3, -0.25) is 0 Å². The van der Waals surface area contributed by atoms with E-state index in [0.717, 1.165) is 25.7 Å². The van der Waals surface area contributed by atoms with Crippen molar-refractivity contribution in [2.45, 2.75) is 19.4 Å². The number of nitrogens with zero attached hydrogens (tertiary/aromatic N) is 1. The molecule has 0 aromatic heterocycles. The van der Waals surface area contributed by atoms with Crippen LogP contribution in [0.3, 0.4) is 0 Å². The maximum atomic E-state index is 13.6. The van der Waals surface area contributed by atoms with E-state index < -0.39 is 5.41 Å². The van der Waals surface area contributed by atoms with Gasteiger partial charge in [-0.1, -0.05) is 18.2 Å². The first-order valence-electron chi connectivity index (χ1n) is 6.61. The predicted molar refractivity (Wildman–Crippen MR) is 71.3 cm³/mol. The average Bonchev–Trinajstić information content (AvgIpc) is 2.42. The third kappa shape index (κ3) is 3.61. The second-order valence-electron chi connectivity index (χ2n) is 5.40. The molecule has 1 saturated heterocycles. The van der Waals surface area contributed by atoms with Gasteiger partial charge < -0.3 is 14.4 Å². The zero-order valence-corrected chi connectivity index (χ0v) is 11.3. The summed E-state index contributed by atoms with van der Waals surface area (Å²) < 4.78 is 19.0. The Morgan fingerprint density at radius 2 is 2.26 bits per heavy atom. The van der Waals surface area contributed by atoms with E-state index in [1.54, 1.807) is 12.1 Å². The van der Waals surface area contributed by atoms with Gasteiger partial charge in [0.1, 0.15) is 12.1 Å².